The van der Waals surface area contributed by atoms with Gasteiger partial charge in [-0.2, -0.15) is 0 Å². The molecule has 0 saturated heterocycles. The second-order valence-electron chi connectivity index (χ2n) is 3.06. The summed E-state index contributed by atoms with van der Waals surface area (Å²) in [6.45, 7) is 4.06. The van der Waals surface area contributed by atoms with Crippen LogP contribution in [0, 0.1) is 0 Å². The first-order valence-electron chi connectivity index (χ1n) is 4.59. The third-order valence-corrected chi connectivity index (χ3v) is 2.28. The van der Waals surface area contributed by atoms with Gasteiger partial charge in [-0.15, -0.1) is 0 Å². The van der Waals surface area contributed by atoms with Gasteiger partial charge in [0.05, 0.1) is 6.61 Å². The predicted molar refractivity (Wildman–Crippen MR) is 57.0 cm³/mol. The molecule has 0 aliphatic rings. The number of rotatable bonds is 8. The van der Waals surface area contributed by atoms with E-state index in [1.54, 1.807) is 7.11 Å². The van der Waals surface area contributed by atoms with E-state index in [4.69, 9.17) is 4.74 Å². The highest BCUT2D eigenvalue weighted by molar-refractivity contribution is 9.09. The topological polar surface area (TPSA) is 21.3 Å². The molecule has 0 heterocycles. The molecular formula is C9H20BrNO. The maximum absolute atomic E-state index is 5.01. The third kappa shape index (κ3) is 8.50. The summed E-state index contributed by atoms with van der Waals surface area (Å²) in [6.07, 6.45) is 3.85. The van der Waals surface area contributed by atoms with Gasteiger partial charge in [0.1, 0.15) is 0 Å². The fourth-order valence-corrected chi connectivity index (χ4v) is 1.45. The van der Waals surface area contributed by atoms with Gasteiger partial charge in [-0.25, -0.2) is 0 Å². The van der Waals surface area contributed by atoms with Crippen molar-refractivity contribution in [3.63, 3.8) is 0 Å². The van der Waals surface area contributed by atoms with Gasteiger partial charge < -0.3 is 10.1 Å². The van der Waals surface area contributed by atoms with Gasteiger partial charge >= 0.3 is 0 Å². The van der Waals surface area contributed by atoms with Crippen LogP contribution in [-0.4, -0.2) is 31.6 Å². The van der Waals surface area contributed by atoms with Crippen LogP contribution in [0.25, 0.3) is 0 Å². The molecule has 0 aromatic carbocycles. The zero-order valence-electron chi connectivity index (χ0n) is 8.11. The van der Waals surface area contributed by atoms with Gasteiger partial charge in [0.15, 0.2) is 0 Å². The number of ether oxygens (including phenoxy) is 1. The minimum absolute atomic E-state index is 0.485. The number of methoxy groups -OCH3 is 1. The summed E-state index contributed by atoms with van der Waals surface area (Å²) >= 11 is 3.41. The van der Waals surface area contributed by atoms with Crippen LogP contribution in [0.15, 0.2) is 0 Å². The Morgan fingerprint density at radius 2 is 2.08 bits per heavy atom. The second kappa shape index (κ2) is 9.49. The summed E-state index contributed by atoms with van der Waals surface area (Å²) in [7, 11) is 1.74. The van der Waals surface area contributed by atoms with Crippen LogP contribution in [-0.2, 0) is 4.74 Å². The number of halogens is 1. The van der Waals surface area contributed by atoms with E-state index >= 15 is 0 Å². The average molecular weight is 238 g/mol. The molecular weight excluding hydrogens is 218 g/mol. The van der Waals surface area contributed by atoms with E-state index < -0.39 is 0 Å². The standard InChI is InChI=1S/C9H20BrNO/c1-9(8-12-2)11-7-5-3-4-6-10/h9,11H,3-8H2,1-2H3. The molecule has 0 aromatic heterocycles. The van der Waals surface area contributed by atoms with E-state index in [-0.39, 0.29) is 0 Å². The monoisotopic (exact) mass is 237 g/mol. The first-order valence-corrected chi connectivity index (χ1v) is 5.71. The molecule has 0 aromatic rings. The Kier molecular flexibility index (Phi) is 9.80. The van der Waals surface area contributed by atoms with Crippen molar-refractivity contribution in [3.05, 3.63) is 0 Å². The lowest BCUT2D eigenvalue weighted by Crippen LogP contribution is -2.30. The molecule has 0 spiro atoms. The fraction of sp³-hybridized carbons (Fsp3) is 1.00. The van der Waals surface area contributed by atoms with E-state index in [0.717, 1.165) is 18.5 Å². The van der Waals surface area contributed by atoms with Crippen molar-refractivity contribution in [1.29, 1.82) is 0 Å². The molecule has 1 N–H and O–H groups in total. The number of nitrogens with one attached hydrogen (secondary N) is 1. The van der Waals surface area contributed by atoms with E-state index in [2.05, 4.69) is 28.2 Å². The van der Waals surface area contributed by atoms with Gasteiger partial charge in [-0.3, -0.25) is 0 Å². The Hall–Kier alpha value is 0.400. The Balaban J connectivity index is 2.97. The van der Waals surface area contributed by atoms with Crippen molar-refractivity contribution >= 4 is 15.9 Å². The van der Waals surface area contributed by atoms with Crippen LogP contribution in [0.4, 0.5) is 0 Å². The highest BCUT2D eigenvalue weighted by Crippen LogP contribution is 1.97. The van der Waals surface area contributed by atoms with Crippen molar-refractivity contribution in [2.75, 3.05) is 25.6 Å². The SMILES string of the molecule is COCC(C)NCCCCCBr. The van der Waals surface area contributed by atoms with Crippen LogP contribution in [0.5, 0.6) is 0 Å². The molecule has 1 unspecified atom stereocenters. The smallest absolute Gasteiger partial charge is 0.0613 e. The molecule has 74 valence electrons. The normalized spacial score (nSPS) is 13.2. The lowest BCUT2D eigenvalue weighted by molar-refractivity contribution is 0.172. The Bertz CT molecular complexity index is 90.6. The zero-order valence-corrected chi connectivity index (χ0v) is 9.69. The van der Waals surface area contributed by atoms with Crippen molar-refractivity contribution < 1.29 is 4.74 Å². The predicted octanol–water partition coefficient (Wildman–Crippen LogP) is 2.18. The molecule has 0 radical (unpaired) electrons. The fourth-order valence-electron chi connectivity index (χ4n) is 1.05. The molecule has 0 saturated carbocycles. The minimum atomic E-state index is 0.485. The van der Waals surface area contributed by atoms with Crippen molar-refractivity contribution in [2.24, 2.45) is 0 Å². The van der Waals surface area contributed by atoms with Crippen LogP contribution < -0.4 is 5.32 Å². The molecule has 1 atom stereocenters. The molecule has 0 aliphatic heterocycles. The summed E-state index contributed by atoms with van der Waals surface area (Å²) in [5.41, 5.74) is 0. The lowest BCUT2D eigenvalue weighted by Gasteiger charge is -2.11. The van der Waals surface area contributed by atoms with Gasteiger partial charge in [0, 0.05) is 18.5 Å². The van der Waals surface area contributed by atoms with Crippen molar-refractivity contribution in [3.8, 4) is 0 Å². The largest absolute Gasteiger partial charge is 0.383 e. The van der Waals surface area contributed by atoms with Crippen LogP contribution in [0.2, 0.25) is 0 Å². The maximum Gasteiger partial charge on any atom is 0.0613 e. The molecule has 0 amide bonds. The third-order valence-electron chi connectivity index (χ3n) is 1.72. The molecule has 0 aliphatic carbocycles. The van der Waals surface area contributed by atoms with E-state index in [0.29, 0.717) is 6.04 Å². The first kappa shape index (κ1) is 12.4. The molecule has 0 rings (SSSR count). The van der Waals surface area contributed by atoms with Gasteiger partial charge in [-0.1, -0.05) is 22.4 Å². The molecule has 3 heteroatoms. The highest BCUT2D eigenvalue weighted by atomic mass is 79.9. The maximum atomic E-state index is 5.01. The zero-order chi connectivity index (χ0) is 9.23. The number of unbranched alkanes of at least 4 members (excludes halogenated alkanes) is 2. The van der Waals surface area contributed by atoms with Crippen molar-refractivity contribution in [2.45, 2.75) is 32.2 Å². The number of hydrogen-bond acceptors (Lipinski definition) is 2. The summed E-state index contributed by atoms with van der Waals surface area (Å²) in [5.74, 6) is 0. The minimum Gasteiger partial charge on any atom is -0.383 e. The molecule has 2 nitrogen and oxygen atoms in total. The van der Waals surface area contributed by atoms with Crippen molar-refractivity contribution in [1.82, 2.24) is 5.32 Å². The number of hydrogen-bond donors (Lipinski definition) is 1. The van der Waals surface area contributed by atoms with Crippen LogP contribution >= 0.6 is 15.9 Å². The lowest BCUT2D eigenvalue weighted by atomic mass is 10.2. The molecule has 0 fully saturated rings. The van der Waals surface area contributed by atoms with E-state index in [1.165, 1.54) is 19.3 Å². The van der Waals surface area contributed by atoms with E-state index in [1.807, 2.05) is 0 Å². The first-order chi connectivity index (χ1) is 5.81. The van der Waals surface area contributed by atoms with Crippen LogP contribution in [0.3, 0.4) is 0 Å². The second-order valence-corrected chi connectivity index (χ2v) is 3.85. The van der Waals surface area contributed by atoms with Crippen LogP contribution in [0.1, 0.15) is 26.2 Å². The van der Waals surface area contributed by atoms with Gasteiger partial charge in [-0.05, 0) is 26.3 Å². The summed E-state index contributed by atoms with van der Waals surface area (Å²) in [5, 5.41) is 4.53. The Morgan fingerprint density at radius 1 is 1.33 bits per heavy atom. The van der Waals surface area contributed by atoms with Gasteiger partial charge in [0.2, 0.25) is 0 Å². The Labute approximate surface area is 84.2 Å². The highest BCUT2D eigenvalue weighted by Gasteiger charge is 1.97. The molecule has 0 bridgehead atoms. The van der Waals surface area contributed by atoms with E-state index in [9.17, 15) is 0 Å². The van der Waals surface area contributed by atoms with Gasteiger partial charge in [0.25, 0.3) is 0 Å². The summed E-state index contributed by atoms with van der Waals surface area (Å²) < 4.78 is 5.01. The Morgan fingerprint density at radius 3 is 2.67 bits per heavy atom. The summed E-state index contributed by atoms with van der Waals surface area (Å²) in [6, 6.07) is 0.485. The molecule has 12 heavy (non-hydrogen) atoms. The summed E-state index contributed by atoms with van der Waals surface area (Å²) in [4.78, 5) is 0. The quantitative estimate of drug-likeness (QED) is 0.517. The average Bonchev–Trinajstić information content (AvgIpc) is 2.05. The number of alkyl halides is 1.